The number of ether oxygens (including phenoxy) is 1. The number of amides is 1. The highest BCUT2D eigenvalue weighted by Gasteiger charge is 2.16. The minimum atomic E-state index is -0.741. The maximum absolute atomic E-state index is 12.4. The first-order valence-electron chi connectivity index (χ1n) is 7.82. The van der Waals surface area contributed by atoms with E-state index in [0.29, 0.717) is 5.57 Å². The van der Waals surface area contributed by atoms with Crippen LogP contribution in [0.15, 0.2) is 60.2 Å². The van der Waals surface area contributed by atoms with Gasteiger partial charge < -0.3 is 14.7 Å². The predicted molar refractivity (Wildman–Crippen MR) is 95.7 cm³/mol. The van der Waals surface area contributed by atoms with Crippen LogP contribution in [0.3, 0.4) is 0 Å². The lowest BCUT2D eigenvalue weighted by Crippen LogP contribution is -2.31. The summed E-state index contributed by atoms with van der Waals surface area (Å²) in [6.45, 7) is 2.01. The van der Waals surface area contributed by atoms with Gasteiger partial charge in [0.05, 0.1) is 19.8 Å². The van der Waals surface area contributed by atoms with Gasteiger partial charge in [-0.1, -0.05) is 42.5 Å². The molecule has 0 aliphatic heterocycles. The summed E-state index contributed by atoms with van der Waals surface area (Å²) in [4.78, 5) is 14.0. The smallest absolute Gasteiger partial charge is 0.249 e. The molecule has 0 saturated heterocycles. The molecule has 0 aromatic heterocycles. The number of benzene rings is 2. The van der Waals surface area contributed by atoms with Crippen molar-refractivity contribution >= 4 is 12.0 Å². The van der Waals surface area contributed by atoms with Gasteiger partial charge >= 0.3 is 0 Å². The molecule has 0 radical (unpaired) electrons. The number of carbonyl (C=O) groups is 1. The molecular formula is C20H23NO3. The summed E-state index contributed by atoms with van der Waals surface area (Å²) in [5.41, 5.74) is 2.36. The van der Waals surface area contributed by atoms with Crippen LogP contribution in [0.5, 0.6) is 5.75 Å². The Kier molecular flexibility index (Phi) is 6.15. The standard InChI is InChI=1S/C20H23NO3/c1-15(13-16-7-5-4-6-8-16)20(23)21(2)14-19(22)17-9-11-18(24-3)12-10-17/h4-13,19,22H,14H2,1-3H3/b15-13+. The number of likely N-dealkylation sites (N-methyl/N-ethyl adjacent to an activating group) is 1. The van der Waals surface area contributed by atoms with Crippen molar-refractivity contribution in [2.24, 2.45) is 0 Å². The van der Waals surface area contributed by atoms with Gasteiger partial charge in [0.15, 0.2) is 0 Å². The number of aliphatic hydroxyl groups excluding tert-OH is 1. The number of aliphatic hydroxyl groups is 1. The van der Waals surface area contributed by atoms with Gasteiger partial charge in [0.1, 0.15) is 5.75 Å². The zero-order valence-electron chi connectivity index (χ0n) is 14.3. The van der Waals surface area contributed by atoms with Crippen LogP contribution in [-0.2, 0) is 4.79 Å². The number of methoxy groups -OCH3 is 1. The molecule has 0 bridgehead atoms. The average Bonchev–Trinajstić information content (AvgIpc) is 2.61. The van der Waals surface area contributed by atoms with Gasteiger partial charge in [-0.3, -0.25) is 4.79 Å². The lowest BCUT2D eigenvalue weighted by atomic mass is 10.1. The monoisotopic (exact) mass is 325 g/mol. The molecule has 1 amide bonds. The predicted octanol–water partition coefficient (Wildman–Crippen LogP) is 3.29. The quantitative estimate of drug-likeness (QED) is 0.829. The van der Waals surface area contributed by atoms with Gasteiger partial charge in [-0.05, 0) is 36.3 Å². The van der Waals surface area contributed by atoms with Crippen LogP contribution in [0, 0.1) is 0 Å². The fourth-order valence-corrected chi connectivity index (χ4v) is 2.44. The van der Waals surface area contributed by atoms with E-state index in [2.05, 4.69) is 0 Å². The van der Waals surface area contributed by atoms with E-state index in [4.69, 9.17) is 4.74 Å². The van der Waals surface area contributed by atoms with Gasteiger partial charge in [-0.2, -0.15) is 0 Å². The Hall–Kier alpha value is -2.59. The number of hydrogen-bond donors (Lipinski definition) is 1. The van der Waals surface area contributed by atoms with Crippen LogP contribution in [-0.4, -0.2) is 36.6 Å². The molecule has 1 N–H and O–H groups in total. The van der Waals surface area contributed by atoms with Crippen LogP contribution in [0.4, 0.5) is 0 Å². The van der Waals surface area contributed by atoms with E-state index >= 15 is 0 Å². The second-order valence-electron chi connectivity index (χ2n) is 5.71. The van der Waals surface area contributed by atoms with Crippen molar-refractivity contribution in [1.82, 2.24) is 4.90 Å². The van der Waals surface area contributed by atoms with Crippen molar-refractivity contribution in [2.75, 3.05) is 20.7 Å². The molecule has 0 saturated carbocycles. The van der Waals surface area contributed by atoms with Crippen LogP contribution in [0.1, 0.15) is 24.2 Å². The topological polar surface area (TPSA) is 49.8 Å². The Bertz CT molecular complexity index is 693. The minimum absolute atomic E-state index is 0.105. The molecule has 0 fully saturated rings. The highest BCUT2D eigenvalue weighted by Crippen LogP contribution is 2.19. The van der Waals surface area contributed by atoms with E-state index in [1.807, 2.05) is 36.4 Å². The second kappa shape index (κ2) is 8.31. The molecule has 1 atom stereocenters. The molecule has 126 valence electrons. The second-order valence-corrected chi connectivity index (χ2v) is 5.71. The van der Waals surface area contributed by atoms with Gasteiger partial charge in [0.25, 0.3) is 0 Å². The first-order valence-corrected chi connectivity index (χ1v) is 7.82. The number of nitrogens with zero attached hydrogens (tertiary/aromatic N) is 1. The molecule has 2 aromatic carbocycles. The van der Waals surface area contributed by atoms with Crippen LogP contribution >= 0.6 is 0 Å². The maximum Gasteiger partial charge on any atom is 0.249 e. The minimum Gasteiger partial charge on any atom is -0.497 e. The van der Waals surface area contributed by atoms with E-state index in [0.717, 1.165) is 16.9 Å². The van der Waals surface area contributed by atoms with Gasteiger partial charge in [-0.15, -0.1) is 0 Å². The third-order valence-electron chi connectivity index (χ3n) is 3.81. The Morgan fingerprint density at radius 2 is 1.79 bits per heavy atom. The number of carbonyl (C=O) groups excluding carboxylic acids is 1. The third kappa shape index (κ3) is 4.70. The molecule has 1 unspecified atom stereocenters. The Morgan fingerprint density at radius 1 is 1.17 bits per heavy atom. The zero-order valence-corrected chi connectivity index (χ0v) is 14.3. The summed E-state index contributed by atoms with van der Waals surface area (Å²) < 4.78 is 5.10. The van der Waals surface area contributed by atoms with Crippen molar-refractivity contribution in [3.8, 4) is 5.75 Å². The maximum atomic E-state index is 12.4. The summed E-state index contributed by atoms with van der Waals surface area (Å²) in [5.74, 6) is 0.628. The SMILES string of the molecule is COc1ccc(C(O)CN(C)C(=O)/C(C)=C/c2ccccc2)cc1. The van der Waals surface area contributed by atoms with E-state index < -0.39 is 6.10 Å². The van der Waals surface area contributed by atoms with E-state index in [1.54, 1.807) is 45.3 Å². The molecule has 0 spiro atoms. The first kappa shape index (κ1) is 17.8. The van der Waals surface area contributed by atoms with Gasteiger partial charge in [0, 0.05) is 12.6 Å². The molecule has 4 heteroatoms. The van der Waals surface area contributed by atoms with Crippen molar-refractivity contribution in [3.05, 3.63) is 71.3 Å². The summed E-state index contributed by atoms with van der Waals surface area (Å²) in [6.07, 6.45) is 1.10. The summed E-state index contributed by atoms with van der Waals surface area (Å²) >= 11 is 0. The average molecular weight is 325 g/mol. The van der Waals surface area contributed by atoms with Crippen LogP contribution < -0.4 is 4.74 Å². The van der Waals surface area contributed by atoms with Crippen molar-refractivity contribution < 1.29 is 14.6 Å². The molecule has 0 aliphatic carbocycles. The summed E-state index contributed by atoms with van der Waals surface area (Å²) in [5, 5.41) is 10.3. The van der Waals surface area contributed by atoms with E-state index in [9.17, 15) is 9.90 Å². The highest BCUT2D eigenvalue weighted by molar-refractivity contribution is 5.97. The molecule has 0 aliphatic rings. The normalized spacial score (nSPS) is 12.6. The first-order chi connectivity index (χ1) is 11.5. The van der Waals surface area contributed by atoms with Gasteiger partial charge in [0.2, 0.25) is 5.91 Å². The summed E-state index contributed by atoms with van der Waals surface area (Å²) in [7, 11) is 3.29. The van der Waals surface area contributed by atoms with Crippen molar-refractivity contribution in [2.45, 2.75) is 13.0 Å². The molecule has 0 heterocycles. The Labute approximate surface area is 143 Å². The molecule has 4 nitrogen and oxygen atoms in total. The third-order valence-corrected chi connectivity index (χ3v) is 3.81. The fourth-order valence-electron chi connectivity index (χ4n) is 2.44. The van der Waals surface area contributed by atoms with Crippen LogP contribution in [0.25, 0.3) is 6.08 Å². The van der Waals surface area contributed by atoms with Crippen molar-refractivity contribution in [3.63, 3.8) is 0 Å². The molecule has 2 aromatic rings. The lowest BCUT2D eigenvalue weighted by Gasteiger charge is -2.21. The molecular weight excluding hydrogens is 302 g/mol. The Morgan fingerprint density at radius 3 is 2.38 bits per heavy atom. The summed E-state index contributed by atoms with van der Waals surface area (Å²) in [6, 6.07) is 16.9. The zero-order chi connectivity index (χ0) is 17.5. The highest BCUT2D eigenvalue weighted by atomic mass is 16.5. The van der Waals surface area contributed by atoms with E-state index in [1.165, 1.54) is 4.90 Å². The Balaban J connectivity index is 2.00. The molecule has 2 rings (SSSR count). The van der Waals surface area contributed by atoms with Crippen molar-refractivity contribution in [1.29, 1.82) is 0 Å². The number of rotatable bonds is 6. The van der Waals surface area contributed by atoms with Crippen LogP contribution in [0.2, 0.25) is 0 Å². The van der Waals surface area contributed by atoms with E-state index in [-0.39, 0.29) is 12.5 Å². The molecule has 24 heavy (non-hydrogen) atoms. The largest absolute Gasteiger partial charge is 0.497 e. The lowest BCUT2D eigenvalue weighted by molar-refractivity contribution is -0.127. The van der Waals surface area contributed by atoms with Gasteiger partial charge in [-0.25, -0.2) is 0 Å². The fraction of sp³-hybridized carbons (Fsp3) is 0.250. The number of hydrogen-bond acceptors (Lipinski definition) is 3.